The Morgan fingerprint density at radius 3 is 2.00 bits per heavy atom. The minimum absolute atomic E-state index is 0.926. The van der Waals surface area contributed by atoms with Crippen molar-refractivity contribution in [3.05, 3.63) is 23.5 Å². The Hall–Kier alpha value is -0.720. The lowest BCUT2D eigenvalue weighted by Gasteiger charge is -1.97. The number of hydrogen-bond acceptors (Lipinski definition) is 1. The number of hydrogen-bond donors (Lipinski definition) is 0. The molecule has 0 aliphatic rings. The fourth-order valence-corrected chi connectivity index (χ4v) is 0.545. The molecule has 0 bridgehead atoms. The first-order valence-corrected chi connectivity index (χ1v) is 3.06. The first-order chi connectivity index (χ1) is 4.20. The van der Waals surface area contributed by atoms with E-state index in [9.17, 15) is 0 Å². The van der Waals surface area contributed by atoms with Crippen LogP contribution in [0.4, 0.5) is 0 Å². The molecule has 0 heterocycles. The van der Waals surface area contributed by atoms with Gasteiger partial charge in [-0.2, -0.15) is 0 Å². The van der Waals surface area contributed by atoms with Crippen molar-refractivity contribution in [2.45, 2.75) is 20.8 Å². The van der Waals surface area contributed by atoms with Crippen LogP contribution < -0.4 is 0 Å². The monoisotopic (exact) mass is 126 g/mol. The van der Waals surface area contributed by atoms with Gasteiger partial charge in [0.05, 0.1) is 7.11 Å². The van der Waals surface area contributed by atoms with Gasteiger partial charge in [-0.3, -0.25) is 0 Å². The lowest BCUT2D eigenvalue weighted by Crippen LogP contribution is -1.80. The Bertz CT molecular complexity index is 128. The van der Waals surface area contributed by atoms with Crippen LogP contribution in [0.3, 0.4) is 0 Å². The van der Waals surface area contributed by atoms with Gasteiger partial charge in [0.15, 0.2) is 0 Å². The van der Waals surface area contributed by atoms with E-state index in [1.807, 2.05) is 32.9 Å². The van der Waals surface area contributed by atoms with Gasteiger partial charge in [0.2, 0.25) is 0 Å². The molecule has 0 radical (unpaired) electrons. The van der Waals surface area contributed by atoms with E-state index in [1.54, 1.807) is 7.11 Å². The zero-order chi connectivity index (χ0) is 7.28. The molecule has 0 atom stereocenters. The van der Waals surface area contributed by atoms with E-state index in [2.05, 4.69) is 0 Å². The van der Waals surface area contributed by atoms with E-state index in [0.29, 0.717) is 0 Å². The maximum atomic E-state index is 5.00. The minimum atomic E-state index is 0.926. The van der Waals surface area contributed by atoms with Crippen molar-refractivity contribution in [2.75, 3.05) is 7.11 Å². The van der Waals surface area contributed by atoms with Crippen LogP contribution in [0.25, 0.3) is 0 Å². The zero-order valence-electron chi connectivity index (χ0n) is 6.56. The molecular weight excluding hydrogens is 112 g/mol. The number of rotatable bonds is 2. The average Bonchev–Trinajstić information content (AvgIpc) is 1.82. The molecule has 0 amide bonds. The van der Waals surface area contributed by atoms with Crippen LogP contribution in [-0.2, 0) is 4.74 Å². The van der Waals surface area contributed by atoms with E-state index in [1.165, 1.54) is 5.57 Å². The summed E-state index contributed by atoms with van der Waals surface area (Å²) in [5, 5.41) is 0. The second kappa shape index (κ2) is 4.19. The summed E-state index contributed by atoms with van der Waals surface area (Å²) in [5.74, 6) is 0.926. The topological polar surface area (TPSA) is 9.23 Å². The highest BCUT2D eigenvalue weighted by Gasteiger charge is 1.84. The Balaban J connectivity index is 4.01. The number of ether oxygens (including phenoxy) is 1. The SMILES string of the molecule is CC=C(C=C(C)C)OC. The third kappa shape index (κ3) is 3.83. The van der Waals surface area contributed by atoms with Crippen molar-refractivity contribution in [3.63, 3.8) is 0 Å². The van der Waals surface area contributed by atoms with Gasteiger partial charge in [0, 0.05) is 0 Å². The summed E-state index contributed by atoms with van der Waals surface area (Å²) in [6.45, 7) is 6.04. The van der Waals surface area contributed by atoms with Crippen LogP contribution in [-0.4, -0.2) is 7.11 Å². The van der Waals surface area contributed by atoms with Crippen molar-refractivity contribution < 1.29 is 4.74 Å². The van der Waals surface area contributed by atoms with Crippen molar-refractivity contribution in [1.29, 1.82) is 0 Å². The highest BCUT2D eigenvalue weighted by atomic mass is 16.5. The smallest absolute Gasteiger partial charge is 0.114 e. The number of allylic oxidation sites excluding steroid dienone is 3. The summed E-state index contributed by atoms with van der Waals surface area (Å²) in [4.78, 5) is 0. The molecule has 0 aromatic carbocycles. The fraction of sp³-hybridized carbons (Fsp3) is 0.500. The average molecular weight is 126 g/mol. The molecule has 0 spiro atoms. The van der Waals surface area contributed by atoms with Crippen LogP contribution in [0, 0.1) is 0 Å². The van der Waals surface area contributed by atoms with Gasteiger partial charge in [-0.05, 0) is 32.9 Å². The van der Waals surface area contributed by atoms with Crippen LogP contribution in [0.1, 0.15) is 20.8 Å². The molecule has 0 aromatic rings. The Kier molecular flexibility index (Phi) is 3.85. The van der Waals surface area contributed by atoms with Gasteiger partial charge < -0.3 is 4.74 Å². The van der Waals surface area contributed by atoms with E-state index in [4.69, 9.17) is 4.74 Å². The van der Waals surface area contributed by atoms with Gasteiger partial charge in [0.25, 0.3) is 0 Å². The lowest BCUT2D eigenvalue weighted by molar-refractivity contribution is 0.305. The van der Waals surface area contributed by atoms with Gasteiger partial charge in [-0.1, -0.05) is 5.57 Å². The summed E-state index contributed by atoms with van der Waals surface area (Å²) in [6, 6.07) is 0. The summed E-state index contributed by atoms with van der Waals surface area (Å²) in [6.07, 6.45) is 3.94. The molecule has 0 fully saturated rings. The molecule has 52 valence electrons. The van der Waals surface area contributed by atoms with Crippen LogP contribution >= 0.6 is 0 Å². The first kappa shape index (κ1) is 8.28. The molecule has 0 aliphatic heterocycles. The maximum Gasteiger partial charge on any atom is 0.114 e. The van der Waals surface area contributed by atoms with Gasteiger partial charge in [-0.15, -0.1) is 0 Å². The van der Waals surface area contributed by atoms with Crippen molar-refractivity contribution in [2.24, 2.45) is 0 Å². The molecule has 0 unspecified atom stereocenters. The molecular formula is C8H14O. The Morgan fingerprint density at radius 1 is 1.33 bits per heavy atom. The second-order valence-corrected chi connectivity index (χ2v) is 2.12. The third-order valence-electron chi connectivity index (χ3n) is 0.951. The van der Waals surface area contributed by atoms with Gasteiger partial charge >= 0.3 is 0 Å². The Labute approximate surface area is 57.0 Å². The first-order valence-electron chi connectivity index (χ1n) is 3.06. The van der Waals surface area contributed by atoms with E-state index in [-0.39, 0.29) is 0 Å². The van der Waals surface area contributed by atoms with E-state index >= 15 is 0 Å². The van der Waals surface area contributed by atoms with Crippen LogP contribution in [0.15, 0.2) is 23.5 Å². The van der Waals surface area contributed by atoms with Crippen LogP contribution in [0.5, 0.6) is 0 Å². The van der Waals surface area contributed by atoms with E-state index < -0.39 is 0 Å². The largest absolute Gasteiger partial charge is 0.497 e. The molecule has 0 aromatic heterocycles. The second-order valence-electron chi connectivity index (χ2n) is 2.12. The van der Waals surface area contributed by atoms with Crippen molar-refractivity contribution >= 4 is 0 Å². The Morgan fingerprint density at radius 2 is 1.89 bits per heavy atom. The maximum absolute atomic E-state index is 5.00. The van der Waals surface area contributed by atoms with Crippen molar-refractivity contribution in [3.8, 4) is 0 Å². The highest BCUT2D eigenvalue weighted by Crippen LogP contribution is 2.00. The summed E-state index contributed by atoms with van der Waals surface area (Å²) < 4.78 is 5.00. The third-order valence-corrected chi connectivity index (χ3v) is 0.951. The molecule has 1 nitrogen and oxygen atoms in total. The predicted octanol–water partition coefficient (Wildman–Crippen LogP) is 2.50. The minimum Gasteiger partial charge on any atom is -0.497 e. The molecule has 0 aliphatic carbocycles. The molecule has 0 saturated carbocycles. The predicted molar refractivity (Wildman–Crippen MR) is 40.2 cm³/mol. The van der Waals surface area contributed by atoms with Gasteiger partial charge in [0.1, 0.15) is 5.76 Å². The standard InChI is InChI=1S/C8H14O/c1-5-8(9-4)6-7(2)3/h5-6H,1-4H3. The fourth-order valence-electron chi connectivity index (χ4n) is 0.545. The van der Waals surface area contributed by atoms with Crippen molar-refractivity contribution in [1.82, 2.24) is 0 Å². The number of methoxy groups -OCH3 is 1. The highest BCUT2D eigenvalue weighted by molar-refractivity contribution is 5.14. The lowest BCUT2D eigenvalue weighted by atomic mass is 10.3. The van der Waals surface area contributed by atoms with E-state index in [0.717, 1.165) is 5.76 Å². The summed E-state index contributed by atoms with van der Waals surface area (Å²) >= 11 is 0. The summed E-state index contributed by atoms with van der Waals surface area (Å²) in [5.41, 5.74) is 1.25. The molecule has 9 heavy (non-hydrogen) atoms. The summed E-state index contributed by atoms with van der Waals surface area (Å²) in [7, 11) is 1.68. The molecule has 1 heteroatoms. The zero-order valence-corrected chi connectivity index (χ0v) is 6.56. The quantitative estimate of drug-likeness (QED) is 0.408. The van der Waals surface area contributed by atoms with Crippen LogP contribution in [0.2, 0.25) is 0 Å². The van der Waals surface area contributed by atoms with Gasteiger partial charge in [-0.25, -0.2) is 0 Å². The molecule has 0 rings (SSSR count). The molecule has 0 N–H and O–H groups in total. The molecule has 0 saturated heterocycles. The normalized spacial score (nSPS) is 10.9.